The first kappa shape index (κ1) is 44.6. The summed E-state index contributed by atoms with van der Waals surface area (Å²) >= 11 is 0. The normalized spacial score (nSPS) is 11.0. The molecule has 0 fully saturated rings. The Kier molecular flexibility index (Phi) is 14.1. The predicted octanol–water partition coefficient (Wildman–Crippen LogP) is 4.20. The van der Waals surface area contributed by atoms with Crippen molar-refractivity contribution in [3.63, 3.8) is 0 Å². The van der Waals surface area contributed by atoms with Crippen LogP contribution in [0.2, 0.25) is 0 Å². The molecule has 0 radical (unpaired) electrons. The number of aliphatic hydroxyl groups excluding tert-OH is 1. The largest absolute Gasteiger partial charge is 0.510 e. The average Bonchev–Trinajstić information content (AvgIpc) is 3.74. The SMILES string of the molecule is CC(=O)CC(=O)Nc1ccc2[nH]c(=O)[nH]c2c1.CC(O)=C(N=Nc1cc(C(=O)O)cc(C(=O)O)c1)C(=O)Nc1ccc2[nH]c(=O)[nH]c2c1.Nc1cc(C(=O)O)cc(C(=O)O)c1. The second-order valence-corrected chi connectivity index (χ2v) is 12.5. The maximum absolute atomic E-state index is 12.5. The van der Waals surface area contributed by atoms with E-state index in [2.05, 4.69) is 40.8 Å². The highest BCUT2D eigenvalue weighted by molar-refractivity contribution is 6.05. The molecule has 2 aromatic heterocycles. The molecule has 61 heavy (non-hydrogen) atoms. The summed E-state index contributed by atoms with van der Waals surface area (Å²) in [6.45, 7) is 2.55. The number of H-pyrrole nitrogens is 4. The van der Waals surface area contributed by atoms with Crippen LogP contribution < -0.4 is 27.7 Å². The minimum absolute atomic E-state index is 0.123. The third kappa shape index (κ3) is 12.7. The molecule has 0 aliphatic rings. The number of carboxylic acids is 4. The minimum atomic E-state index is -1.37. The van der Waals surface area contributed by atoms with Crippen LogP contribution in [0.25, 0.3) is 22.1 Å². The topological polar surface area (TPSA) is 393 Å². The maximum atomic E-state index is 12.5. The minimum Gasteiger partial charge on any atom is -0.510 e. The van der Waals surface area contributed by atoms with E-state index in [-0.39, 0.29) is 57.4 Å². The van der Waals surface area contributed by atoms with Gasteiger partial charge in [-0.3, -0.25) is 14.4 Å². The molecular formula is C38H33N9O14. The molecule has 6 aromatic rings. The Morgan fingerprint density at radius 3 is 1.39 bits per heavy atom. The number of hydrogen-bond acceptors (Lipinski definition) is 13. The molecule has 6 rings (SSSR count). The number of carbonyl (C=O) groups excluding carboxylic acids is 3. The summed E-state index contributed by atoms with van der Waals surface area (Å²) in [6, 6.07) is 16.1. The quantitative estimate of drug-likeness (QED) is 0.0286. The Hall–Kier alpha value is -9.15. The Bertz CT molecular complexity index is 2850. The number of nitrogens with two attached hydrogens (primary N) is 1. The van der Waals surface area contributed by atoms with Crippen molar-refractivity contribution in [2.45, 2.75) is 20.3 Å². The molecule has 23 nitrogen and oxygen atoms in total. The Balaban J connectivity index is 0.000000228. The monoisotopic (exact) mass is 839 g/mol. The van der Waals surface area contributed by atoms with Crippen molar-refractivity contribution in [2.24, 2.45) is 10.2 Å². The van der Waals surface area contributed by atoms with Crippen LogP contribution in [-0.2, 0) is 14.4 Å². The number of azo groups is 1. The number of aromatic carboxylic acids is 4. The van der Waals surface area contributed by atoms with Crippen molar-refractivity contribution in [2.75, 3.05) is 16.4 Å². The Labute approximate surface area is 339 Å². The van der Waals surface area contributed by atoms with Gasteiger partial charge in [0.25, 0.3) is 5.91 Å². The van der Waals surface area contributed by atoms with Crippen LogP contribution in [0.5, 0.6) is 0 Å². The van der Waals surface area contributed by atoms with Crippen LogP contribution >= 0.6 is 0 Å². The molecule has 314 valence electrons. The summed E-state index contributed by atoms with van der Waals surface area (Å²) < 4.78 is 0. The number of nitrogen functional groups attached to an aromatic ring is 1. The number of aromatic nitrogens is 4. The number of aliphatic hydroxyl groups is 1. The highest BCUT2D eigenvalue weighted by Crippen LogP contribution is 2.22. The number of allylic oxidation sites excluding steroid dienone is 1. The standard InChI is InChI=1S/C19H15N5O7.C11H11N3O3.C8H7NO4/c1-8(25)15(16(26)20-11-2-3-13-14(7-11)22-19(31)21-13)24-23-12-5-9(17(27)28)4-10(6-12)18(29)30;1-6(15)4-10(16)12-7-2-3-8-9(5-7)14-11(17)13-8;9-6-2-4(7(10)11)1-5(3-6)8(12)13/h2-7,25H,1H3,(H,20,26)(H,27,28)(H,29,30)(H2,21,22,31);2-3,5H,4H2,1H3,(H,12,16)(H2,13,14,17);1-3H,9H2,(H,10,11)(H,12,13). The zero-order chi connectivity index (χ0) is 45.1. The molecule has 0 aliphatic carbocycles. The smallest absolute Gasteiger partial charge is 0.335 e. The average molecular weight is 840 g/mol. The van der Waals surface area contributed by atoms with E-state index in [9.17, 15) is 48.3 Å². The first-order valence-corrected chi connectivity index (χ1v) is 17.0. The Morgan fingerprint density at radius 1 is 0.574 bits per heavy atom. The molecule has 0 aliphatic heterocycles. The zero-order valence-electron chi connectivity index (χ0n) is 31.5. The van der Waals surface area contributed by atoms with Gasteiger partial charge in [-0.1, -0.05) is 0 Å². The molecule has 13 N–H and O–H groups in total. The number of carbonyl (C=O) groups is 7. The number of hydrogen-bond donors (Lipinski definition) is 12. The third-order valence-electron chi connectivity index (χ3n) is 7.67. The van der Waals surface area contributed by atoms with Gasteiger partial charge in [0.2, 0.25) is 5.91 Å². The van der Waals surface area contributed by atoms with Gasteiger partial charge < -0.3 is 61.8 Å². The number of ketones is 1. The van der Waals surface area contributed by atoms with Gasteiger partial charge in [-0.15, -0.1) is 5.11 Å². The van der Waals surface area contributed by atoms with E-state index in [4.69, 9.17) is 26.2 Å². The van der Waals surface area contributed by atoms with Crippen LogP contribution in [0.1, 0.15) is 61.7 Å². The number of nitrogens with one attached hydrogen (secondary N) is 6. The van der Waals surface area contributed by atoms with Crippen molar-refractivity contribution in [1.82, 2.24) is 19.9 Å². The fourth-order valence-corrected chi connectivity index (χ4v) is 5.05. The van der Waals surface area contributed by atoms with Gasteiger partial charge in [-0.05, 0) is 86.6 Å². The zero-order valence-corrected chi connectivity index (χ0v) is 31.5. The van der Waals surface area contributed by atoms with Crippen LogP contribution in [0.3, 0.4) is 0 Å². The van der Waals surface area contributed by atoms with Gasteiger partial charge in [-0.2, -0.15) is 5.11 Å². The second kappa shape index (κ2) is 19.3. The first-order valence-electron chi connectivity index (χ1n) is 17.0. The molecular weight excluding hydrogens is 806 g/mol. The molecule has 23 heteroatoms. The number of carboxylic acid groups (broad SMARTS) is 4. The lowest BCUT2D eigenvalue weighted by Crippen LogP contribution is -2.14. The van der Waals surface area contributed by atoms with Crippen molar-refractivity contribution in [1.29, 1.82) is 0 Å². The number of nitrogens with zero attached hydrogens (tertiary/aromatic N) is 2. The third-order valence-corrected chi connectivity index (χ3v) is 7.67. The summed E-state index contributed by atoms with van der Waals surface area (Å²) in [5.74, 6) is -7.02. The van der Waals surface area contributed by atoms with Gasteiger partial charge in [0.05, 0.1) is 56.4 Å². The molecule has 0 saturated carbocycles. The van der Waals surface area contributed by atoms with Crippen LogP contribution in [0.4, 0.5) is 22.7 Å². The summed E-state index contributed by atoms with van der Waals surface area (Å²) in [5, 5.41) is 57.6. The number of fused-ring (bicyclic) bond motifs is 2. The number of benzene rings is 4. The summed E-state index contributed by atoms with van der Waals surface area (Å²) in [7, 11) is 0. The van der Waals surface area contributed by atoms with Gasteiger partial charge in [0, 0.05) is 17.1 Å². The number of amides is 2. The van der Waals surface area contributed by atoms with Crippen molar-refractivity contribution >= 4 is 86.3 Å². The molecule has 0 unspecified atom stereocenters. The van der Waals surface area contributed by atoms with E-state index in [1.165, 1.54) is 38.1 Å². The lowest BCUT2D eigenvalue weighted by atomic mass is 10.1. The second-order valence-electron chi connectivity index (χ2n) is 12.5. The number of rotatable bonds is 11. The maximum Gasteiger partial charge on any atom is 0.335 e. The summed E-state index contributed by atoms with van der Waals surface area (Å²) in [4.78, 5) is 111. The van der Waals surface area contributed by atoms with E-state index >= 15 is 0 Å². The van der Waals surface area contributed by atoms with E-state index in [1.54, 1.807) is 24.3 Å². The van der Waals surface area contributed by atoms with Crippen molar-refractivity contribution in [3.8, 4) is 0 Å². The number of aromatic amines is 4. The fourth-order valence-electron chi connectivity index (χ4n) is 5.05. The molecule has 2 amide bonds. The highest BCUT2D eigenvalue weighted by Gasteiger charge is 2.16. The molecule has 0 saturated heterocycles. The summed E-state index contributed by atoms with van der Waals surface area (Å²) in [5.41, 5.74) is 6.25. The van der Waals surface area contributed by atoms with Crippen molar-refractivity contribution in [3.05, 3.63) is 127 Å². The van der Waals surface area contributed by atoms with Gasteiger partial charge in [-0.25, -0.2) is 28.8 Å². The molecule has 0 spiro atoms. The van der Waals surface area contributed by atoms with Crippen LogP contribution in [-0.4, -0.2) is 86.9 Å². The molecule has 2 heterocycles. The number of Topliss-reactive ketones (excluding diaryl/α,β-unsaturated/α-hetero) is 1. The van der Waals surface area contributed by atoms with E-state index in [0.29, 0.717) is 33.4 Å². The fraction of sp³-hybridized carbons (Fsp3) is 0.0789. The molecule has 0 atom stereocenters. The van der Waals surface area contributed by atoms with Gasteiger partial charge in [0.15, 0.2) is 5.70 Å². The number of imidazole rings is 2. The lowest BCUT2D eigenvalue weighted by Gasteiger charge is -2.06. The van der Waals surface area contributed by atoms with E-state index < -0.39 is 46.9 Å². The lowest BCUT2D eigenvalue weighted by molar-refractivity contribution is -0.124. The van der Waals surface area contributed by atoms with Gasteiger partial charge >= 0.3 is 35.3 Å². The van der Waals surface area contributed by atoms with Gasteiger partial charge in [0.1, 0.15) is 11.5 Å². The van der Waals surface area contributed by atoms with Crippen molar-refractivity contribution < 1.29 is 59.1 Å². The predicted molar refractivity (Wildman–Crippen MR) is 215 cm³/mol. The highest BCUT2D eigenvalue weighted by atomic mass is 16.4. The first-order chi connectivity index (χ1) is 28.7. The van der Waals surface area contributed by atoms with Crippen LogP contribution in [0, 0.1) is 0 Å². The molecule has 0 bridgehead atoms. The van der Waals surface area contributed by atoms with E-state index in [1.807, 2.05) is 0 Å². The Morgan fingerprint density at radius 2 is 0.984 bits per heavy atom. The molecule has 4 aromatic carbocycles. The van der Waals surface area contributed by atoms with Crippen LogP contribution in [0.15, 0.2) is 104 Å². The summed E-state index contributed by atoms with van der Waals surface area (Å²) in [6.07, 6.45) is -0.151. The number of anilines is 3. The van der Waals surface area contributed by atoms with E-state index in [0.717, 1.165) is 24.3 Å².